The van der Waals surface area contributed by atoms with Crippen LogP contribution in [-0.4, -0.2) is 76.0 Å². The number of H-pyrrole nitrogens is 1. The van der Waals surface area contributed by atoms with Crippen LogP contribution in [0.15, 0.2) is 53.6 Å². The first-order chi connectivity index (χ1) is 14.1. The van der Waals surface area contributed by atoms with Gasteiger partial charge < -0.3 is 9.64 Å². The van der Waals surface area contributed by atoms with Crippen LogP contribution in [0.1, 0.15) is 10.4 Å². The van der Waals surface area contributed by atoms with Crippen molar-refractivity contribution < 1.29 is 22.9 Å². The Morgan fingerprint density at radius 2 is 1.69 bits per heavy atom. The highest BCUT2D eigenvalue weighted by Gasteiger charge is 2.29. The quantitative estimate of drug-likeness (QED) is 0.723. The first kappa shape index (κ1) is 19.8. The highest BCUT2D eigenvalue weighted by atomic mass is 32.2. The molecule has 0 aliphatic carbocycles. The van der Waals surface area contributed by atoms with E-state index in [4.69, 9.17) is 4.74 Å². The van der Waals surface area contributed by atoms with E-state index in [0.717, 1.165) is 18.9 Å². The Kier molecular flexibility index (Phi) is 5.79. The summed E-state index contributed by atoms with van der Waals surface area (Å²) >= 11 is 0. The number of amides is 1. The van der Waals surface area contributed by atoms with Gasteiger partial charge in [-0.05, 0) is 24.3 Å². The van der Waals surface area contributed by atoms with Crippen molar-refractivity contribution in [3.05, 3.63) is 54.2 Å². The molecule has 2 fully saturated rings. The third kappa shape index (κ3) is 4.26. The maximum absolute atomic E-state index is 13.0. The molecule has 2 saturated heterocycles. The molecule has 154 valence electrons. The van der Waals surface area contributed by atoms with Crippen LogP contribution in [0.2, 0.25) is 0 Å². The molecule has 2 aliphatic heterocycles. The molecule has 1 amide bonds. The van der Waals surface area contributed by atoms with Gasteiger partial charge in [-0.25, -0.2) is 13.4 Å². The van der Waals surface area contributed by atoms with Crippen molar-refractivity contribution in [1.29, 1.82) is 0 Å². The van der Waals surface area contributed by atoms with Crippen molar-refractivity contribution in [3.63, 3.8) is 0 Å². The number of benzene rings is 1. The average Bonchev–Trinajstić information content (AvgIpc) is 2.80. The maximum Gasteiger partial charge on any atom is 0.274 e. The van der Waals surface area contributed by atoms with E-state index < -0.39 is 10.0 Å². The summed E-state index contributed by atoms with van der Waals surface area (Å²) in [6.07, 6.45) is 1.88. The number of hydrogen-bond acceptors (Lipinski definition) is 5. The number of nitrogens with one attached hydrogen (secondary N) is 1. The van der Waals surface area contributed by atoms with Gasteiger partial charge in [-0.15, -0.1) is 0 Å². The van der Waals surface area contributed by atoms with Gasteiger partial charge in [0.05, 0.1) is 37.4 Å². The summed E-state index contributed by atoms with van der Waals surface area (Å²) in [4.78, 5) is 20.3. The Hall–Kier alpha value is -2.49. The van der Waals surface area contributed by atoms with E-state index in [9.17, 15) is 13.2 Å². The van der Waals surface area contributed by atoms with Crippen LogP contribution in [0, 0.1) is 0 Å². The summed E-state index contributed by atoms with van der Waals surface area (Å²) in [6.45, 7) is 4.06. The zero-order chi connectivity index (χ0) is 20.3. The smallest absolute Gasteiger partial charge is 0.274 e. The Balaban J connectivity index is 1.45. The average molecular weight is 418 g/mol. The topological polar surface area (TPSA) is 84.3 Å². The molecular weight excluding hydrogens is 392 g/mol. The summed E-state index contributed by atoms with van der Waals surface area (Å²) < 4.78 is 32.4. The predicted octanol–water partition coefficient (Wildman–Crippen LogP) is 0.484. The number of aromatic nitrogens is 1. The van der Waals surface area contributed by atoms with Gasteiger partial charge in [0.2, 0.25) is 10.0 Å². The standard InChI is InChI=1S/C20H24N4O4S/c25-20(23-10-8-22(9-11-23)19-6-1-2-7-21-19)17-4-3-5-18(16-17)29(26,27)24-12-14-28-15-13-24/h1-7,16H,8-15H2/p+1. The number of rotatable bonds is 4. The SMILES string of the molecule is O=C(c1cccc(S(=O)(=O)N2CCOCC2)c1)N1CCN(c2cccc[nH+]2)CC1. The van der Waals surface area contributed by atoms with E-state index in [1.54, 1.807) is 23.1 Å². The summed E-state index contributed by atoms with van der Waals surface area (Å²) in [5.74, 6) is 0.888. The Morgan fingerprint density at radius 3 is 2.38 bits per heavy atom. The molecule has 0 radical (unpaired) electrons. The van der Waals surface area contributed by atoms with Crippen LogP contribution in [-0.2, 0) is 14.8 Å². The second-order valence-corrected chi connectivity index (χ2v) is 9.01. The van der Waals surface area contributed by atoms with Crippen molar-refractivity contribution in [2.24, 2.45) is 0 Å². The first-order valence-electron chi connectivity index (χ1n) is 9.74. The lowest BCUT2D eigenvalue weighted by molar-refractivity contribution is -0.364. The Labute approximate surface area is 170 Å². The molecule has 3 heterocycles. The number of nitrogens with zero attached hydrogens (tertiary/aromatic N) is 3. The fraction of sp³-hybridized carbons (Fsp3) is 0.400. The van der Waals surface area contributed by atoms with Gasteiger partial charge in [0.15, 0.2) is 0 Å². The summed E-state index contributed by atoms with van der Waals surface area (Å²) in [5, 5.41) is 0. The number of carbonyl (C=O) groups is 1. The Bertz CT molecular complexity index is 953. The van der Waals surface area contributed by atoms with Gasteiger partial charge in [0.1, 0.15) is 13.1 Å². The number of sulfonamides is 1. The van der Waals surface area contributed by atoms with E-state index in [2.05, 4.69) is 9.88 Å². The molecule has 1 aromatic carbocycles. The number of aromatic amines is 1. The summed E-state index contributed by atoms with van der Waals surface area (Å²) in [6, 6.07) is 12.3. The van der Waals surface area contributed by atoms with E-state index in [-0.39, 0.29) is 10.8 Å². The zero-order valence-corrected chi connectivity index (χ0v) is 17.0. The molecule has 4 rings (SSSR count). The molecule has 2 aliphatic rings. The third-order valence-electron chi connectivity index (χ3n) is 5.29. The van der Waals surface area contributed by atoms with Crippen LogP contribution in [0.25, 0.3) is 0 Å². The van der Waals surface area contributed by atoms with E-state index in [1.807, 2.05) is 24.4 Å². The lowest BCUT2D eigenvalue weighted by Gasteiger charge is -2.31. The number of ether oxygens (including phenoxy) is 1. The maximum atomic E-state index is 13.0. The van der Waals surface area contributed by atoms with E-state index in [0.29, 0.717) is 45.0 Å². The number of pyridine rings is 1. The molecule has 0 bridgehead atoms. The minimum Gasteiger partial charge on any atom is -0.379 e. The first-order valence-corrected chi connectivity index (χ1v) is 11.2. The fourth-order valence-electron chi connectivity index (χ4n) is 3.64. The molecular formula is C20H25N4O4S+. The highest BCUT2D eigenvalue weighted by Crippen LogP contribution is 2.20. The van der Waals surface area contributed by atoms with Crippen LogP contribution in [0.3, 0.4) is 0 Å². The minimum absolute atomic E-state index is 0.138. The number of piperazine rings is 1. The van der Waals surface area contributed by atoms with Crippen molar-refractivity contribution in [1.82, 2.24) is 9.21 Å². The molecule has 0 atom stereocenters. The second kappa shape index (κ2) is 8.48. The molecule has 29 heavy (non-hydrogen) atoms. The van der Waals surface area contributed by atoms with Crippen molar-refractivity contribution in [3.8, 4) is 0 Å². The minimum atomic E-state index is -3.62. The van der Waals surface area contributed by atoms with Gasteiger partial charge in [0.25, 0.3) is 11.7 Å². The van der Waals surface area contributed by atoms with E-state index in [1.165, 1.54) is 10.4 Å². The molecule has 1 N–H and O–H groups in total. The fourth-order valence-corrected chi connectivity index (χ4v) is 5.09. The summed E-state index contributed by atoms with van der Waals surface area (Å²) in [5.41, 5.74) is 0.402. The number of morpholine rings is 1. The number of anilines is 1. The second-order valence-electron chi connectivity index (χ2n) is 7.07. The van der Waals surface area contributed by atoms with Gasteiger partial charge in [-0.2, -0.15) is 4.31 Å². The van der Waals surface area contributed by atoms with Crippen LogP contribution >= 0.6 is 0 Å². The molecule has 0 saturated carbocycles. The molecule has 8 nitrogen and oxygen atoms in total. The lowest BCUT2D eigenvalue weighted by atomic mass is 10.2. The number of hydrogen-bond donors (Lipinski definition) is 0. The van der Waals surface area contributed by atoms with E-state index >= 15 is 0 Å². The predicted molar refractivity (Wildman–Crippen MR) is 107 cm³/mol. The zero-order valence-electron chi connectivity index (χ0n) is 16.2. The monoisotopic (exact) mass is 417 g/mol. The van der Waals surface area contributed by atoms with Crippen molar-refractivity contribution >= 4 is 21.7 Å². The normalized spacial score (nSPS) is 18.6. The largest absolute Gasteiger partial charge is 0.379 e. The molecule has 2 aromatic rings. The highest BCUT2D eigenvalue weighted by molar-refractivity contribution is 7.89. The van der Waals surface area contributed by atoms with Gasteiger partial charge >= 0.3 is 0 Å². The lowest BCUT2D eigenvalue weighted by Crippen LogP contribution is -2.50. The van der Waals surface area contributed by atoms with Crippen LogP contribution in [0.5, 0.6) is 0 Å². The van der Waals surface area contributed by atoms with Gasteiger partial charge in [-0.1, -0.05) is 12.1 Å². The van der Waals surface area contributed by atoms with Crippen molar-refractivity contribution in [2.75, 3.05) is 57.4 Å². The van der Waals surface area contributed by atoms with Gasteiger partial charge in [0, 0.05) is 24.7 Å². The molecule has 0 unspecified atom stereocenters. The van der Waals surface area contributed by atoms with Crippen LogP contribution in [0.4, 0.5) is 5.82 Å². The molecule has 0 spiro atoms. The van der Waals surface area contributed by atoms with Crippen LogP contribution < -0.4 is 9.88 Å². The third-order valence-corrected chi connectivity index (χ3v) is 7.18. The van der Waals surface area contributed by atoms with Crippen molar-refractivity contribution in [2.45, 2.75) is 4.90 Å². The number of carbonyl (C=O) groups excluding carboxylic acids is 1. The summed E-state index contributed by atoms with van der Waals surface area (Å²) in [7, 11) is -3.62. The Morgan fingerprint density at radius 1 is 0.931 bits per heavy atom. The molecule has 9 heteroatoms. The van der Waals surface area contributed by atoms with Gasteiger partial charge in [-0.3, -0.25) is 9.69 Å². The molecule has 1 aromatic heterocycles.